The quantitative estimate of drug-likeness (QED) is 0.557. The normalized spacial score (nSPS) is 10.9. The molecule has 0 saturated carbocycles. The highest BCUT2D eigenvalue weighted by atomic mass is 32.1. The van der Waals surface area contributed by atoms with Crippen LogP contribution in [0.3, 0.4) is 0 Å². The van der Waals surface area contributed by atoms with Crippen LogP contribution < -0.4 is 11.3 Å². The van der Waals surface area contributed by atoms with E-state index in [0.717, 1.165) is 15.8 Å². The number of fused-ring (bicyclic) bond motifs is 1. The van der Waals surface area contributed by atoms with Crippen LogP contribution in [0.15, 0.2) is 29.6 Å². The van der Waals surface area contributed by atoms with Gasteiger partial charge in [0.25, 0.3) is 0 Å². The second-order valence-corrected chi connectivity index (χ2v) is 5.03. The van der Waals surface area contributed by atoms with Gasteiger partial charge in [0.05, 0.1) is 5.39 Å². The lowest BCUT2D eigenvalue weighted by Gasteiger charge is -2.07. The van der Waals surface area contributed by atoms with Crippen LogP contribution in [0, 0.1) is 12.7 Å². The van der Waals surface area contributed by atoms with Crippen molar-refractivity contribution >= 4 is 27.4 Å². The van der Waals surface area contributed by atoms with Gasteiger partial charge in [-0.1, -0.05) is 6.07 Å². The molecule has 0 bridgehead atoms. The molecule has 19 heavy (non-hydrogen) atoms. The van der Waals surface area contributed by atoms with E-state index in [-0.39, 0.29) is 5.82 Å². The number of halogens is 1. The minimum Gasteiger partial charge on any atom is -0.308 e. The number of hydrogen-bond acceptors (Lipinski definition) is 5. The fraction of sp³-hybridized carbons (Fsp3) is 0.0769. The summed E-state index contributed by atoms with van der Waals surface area (Å²) in [6, 6.07) is 6.47. The Hall–Kier alpha value is -2.05. The van der Waals surface area contributed by atoms with Crippen molar-refractivity contribution in [1.29, 1.82) is 0 Å². The summed E-state index contributed by atoms with van der Waals surface area (Å²) in [5.74, 6) is 6.19. The van der Waals surface area contributed by atoms with Gasteiger partial charge in [0.15, 0.2) is 11.6 Å². The van der Waals surface area contributed by atoms with E-state index in [4.69, 9.17) is 5.84 Å². The molecule has 0 radical (unpaired) electrons. The average molecular weight is 274 g/mol. The predicted molar refractivity (Wildman–Crippen MR) is 75.4 cm³/mol. The summed E-state index contributed by atoms with van der Waals surface area (Å²) in [6.45, 7) is 1.90. The molecule has 3 aromatic rings. The van der Waals surface area contributed by atoms with E-state index in [1.165, 1.54) is 23.5 Å². The second kappa shape index (κ2) is 4.56. The first-order valence-corrected chi connectivity index (χ1v) is 6.55. The van der Waals surface area contributed by atoms with Crippen LogP contribution in [0.5, 0.6) is 0 Å². The Morgan fingerprint density at radius 2 is 2.11 bits per heavy atom. The molecule has 2 heterocycles. The molecule has 6 heteroatoms. The Labute approximate surface area is 113 Å². The minimum atomic E-state index is -0.308. The lowest BCUT2D eigenvalue weighted by Crippen LogP contribution is -2.10. The summed E-state index contributed by atoms with van der Waals surface area (Å²) in [6.07, 6.45) is 0. The van der Waals surface area contributed by atoms with E-state index in [1.807, 2.05) is 18.4 Å². The SMILES string of the molecule is Cc1ccc(F)cc1-c1nc(NN)c2ccsc2n1. The first-order chi connectivity index (χ1) is 9.19. The Kier molecular flexibility index (Phi) is 2.88. The van der Waals surface area contributed by atoms with Crippen molar-refractivity contribution in [2.45, 2.75) is 6.92 Å². The number of nitrogens with zero attached hydrogens (tertiary/aromatic N) is 2. The highest BCUT2D eigenvalue weighted by Gasteiger charge is 2.12. The number of nitrogens with one attached hydrogen (secondary N) is 1. The predicted octanol–water partition coefficient (Wildman–Crippen LogP) is 3.09. The first kappa shape index (κ1) is 12.0. The number of anilines is 1. The van der Waals surface area contributed by atoms with Crippen LogP contribution >= 0.6 is 11.3 Å². The molecular formula is C13H11FN4S. The maximum absolute atomic E-state index is 13.4. The molecule has 0 aliphatic carbocycles. The number of thiophene rings is 1. The highest BCUT2D eigenvalue weighted by molar-refractivity contribution is 7.16. The molecule has 0 aliphatic heterocycles. The van der Waals surface area contributed by atoms with Crippen molar-refractivity contribution < 1.29 is 4.39 Å². The topological polar surface area (TPSA) is 63.8 Å². The molecule has 0 fully saturated rings. The third kappa shape index (κ3) is 2.05. The van der Waals surface area contributed by atoms with Crippen LogP contribution in [-0.2, 0) is 0 Å². The van der Waals surface area contributed by atoms with Gasteiger partial charge in [-0.05, 0) is 36.1 Å². The van der Waals surface area contributed by atoms with Gasteiger partial charge in [0.2, 0.25) is 0 Å². The number of aromatic nitrogens is 2. The summed E-state index contributed by atoms with van der Waals surface area (Å²) in [7, 11) is 0. The third-order valence-electron chi connectivity index (χ3n) is 2.90. The van der Waals surface area contributed by atoms with Gasteiger partial charge in [-0.25, -0.2) is 20.2 Å². The molecule has 1 aromatic carbocycles. The second-order valence-electron chi connectivity index (χ2n) is 4.14. The summed E-state index contributed by atoms with van der Waals surface area (Å²) >= 11 is 1.50. The Morgan fingerprint density at radius 3 is 2.89 bits per heavy atom. The van der Waals surface area contributed by atoms with Crippen molar-refractivity contribution in [3.63, 3.8) is 0 Å². The van der Waals surface area contributed by atoms with Crippen molar-refractivity contribution in [2.24, 2.45) is 5.84 Å². The lowest BCUT2D eigenvalue weighted by atomic mass is 10.1. The number of aryl methyl sites for hydroxylation is 1. The van der Waals surface area contributed by atoms with Crippen LogP contribution in [-0.4, -0.2) is 9.97 Å². The number of hydrazine groups is 1. The third-order valence-corrected chi connectivity index (χ3v) is 3.71. The number of benzene rings is 1. The molecule has 2 aromatic heterocycles. The highest BCUT2D eigenvalue weighted by Crippen LogP contribution is 2.29. The minimum absolute atomic E-state index is 0.308. The maximum Gasteiger partial charge on any atom is 0.163 e. The smallest absolute Gasteiger partial charge is 0.163 e. The lowest BCUT2D eigenvalue weighted by molar-refractivity contribution is 0.628. The van der Waals surface area contributed by atoms with E-state index >= 15 is 0 Å². The summed E-state index contributed by atoms with van der Waals surface area (Å²) in [5.41, 5.74) is 4.15. The molecule has 0 unspecified atom stereocenters. The standard InChI is InChI=1S/C13H11FN4S/c1-7-2-3-8(14)6-10(7)11-16-12(18-15)9-4-5-19-13(9)17-11/h2-6H,15H2,1H3,(H,16,17,18). The van der Waals surface area contributed by atoms with Crippen LogP contribution in [0.4, 0.5) is 10.2 Å². The Balaban J connectivity index is 2.27. The van der Waals surface area contributed by atoms with E-state index < -0.39 is 0 Å². The Bertz CT molecular complexity index is 753. The molecule has 0 spiro atoms. The number of rotatable bonds is 2. The first-order valence-electron chi connectivity index (χ1n) is 5.67. The van der Waals surface area contributed by atoms with Gasteiger partial charge in [0.1, 0.15) is 10.6 Å². The molecule has 4 nitrogen and oxygen atoms in total. The van der Waals surface area contributed by atoms with Gasteiger partial charge in [-0.15, -0.1) is 11.3 Å². The van der Waals surface area contributed by atoms with Crippen LogP contribution in [0.2, 0.25) is 0 Å². The van der Waals surface area contributed by atoms with Crippen molar-refractivity contribution in [2.75, 3.05) is 5.43 Å². The van der Waals surface area contributed by atoms with Crippen molar-refractivity contribution in [3.8, 4) is 11.4 Å². The molecular weight excluding hydrogens is 263 g/mol. The van der Waals surface area contributed by atoms with Crippen molar-refractivity contribution in [1.82, 2.24) is 9.97 Å². The van der Waals surface area contributed by atoms with Crippen molar-refractivity contribution in [3.05, 3.63) is 41.0 Å². The molecule has 3 N–H and O–H groups in total. The van der Waals surface area contributed by atoms with Crippen LogP contribution in [0.1, 0.15) is 5.56 Å². The zero-order chi connectivity index (χ0) is 13.4. The van der Waals surface area contributed by atoms with Gasteiger partial charge in [0, 0.05) is 5.56 Å². The fourth-order valence-corrected chi connectivity index (χ4v) is 2.68. The molecule has 0 saturated heterocycles. The monoisotopic (exact) mass is 274 g/mol. The number of nitrogen functional groups attached to an aromatic ring is 1. The van der Waals surface area contributed by atoms with E-state index in [2.05, 4.69) is 15.4 Å². The summed E-state index contributed by atoms with van der Waals surface area (Å²) < 4.78 is 13.4. The largest absolute Gasteiger partial charge is 0.308 e. The molecule has 0 atom stereocenters. The zero-order valence-corrected chi connectivity index (χ0v) is 11.0. The molecule has 3 rings (SSSR count). The van der Waals surface area contributed by atoms with E-state index in [1.54, 1.807) is 6.07 Å². The van der Waals surface area contributed by atoms with E-state index in [0.29, 0.717) is 17.2 Å². The van der Waals surface area contributed by atoms with Gasteiger partial charge >= 0.3 is 0 Å². The molecule has 0 amide bonds. The fourth-order valence-electron chi connectivity index (χ4n) is 1.92. The van der Waals surface area contributed by atoms with E-state index in [9.17, 15) is 4.39 Å². The van der Waals surface area contributed by atoms with Gasteiger partial charge in [-0.2, -0.15) is 0 Å². The average Bonchev–Trinajstić information content (AvgIpc) is 2.88. The van der Waals surface area contributed by atoms with Gasteiger partial charge < -0.3 is 5.43 Å². The number of hydrogen-bond donors (Lipinski definition) is 2. The zero-order valence-electron chi connectivity index (χ0n) is 10.1. The maximum atomic E-state index is 13.4. The molecule has 96 valence electrons. The van der Waals surface area contributed by atoms with Gasteiger partial charge in [-0.3, -0.25) is 0 Å². The summed E-state index contributed by atoms with van der Waals surface area (Å²) in [4.78, 5) is 9.64. The Morgan fingerprint density at radius 1 is 1.26 bits per heavy atom. The van der Waals surface area contributed by atoms with Crippen LogP contribution in [0.25, 0.3) is 21.6 Å². The molecule has 0 aliphatic rings. The number of nitrogens with two attached hydrogens (primary N) is 1. The summed E-state index contributed by atoms with van der Waals surface area (Å²) in [5, 5.41) is 2.79.